The molecule has 3 N–H and O–H groups in total. The summed E-state index contributed by atoms with van der Waals surface area (Å²) in [6, 6.07) is 4.94. The lowest BCUT2D eigenvalue weighted by atomic mass is 10.3. The number of nitrogens with one attached hydrogen (secondary N) is 3. The Balaban J connectivity index is 1.54. The zero-order valence-electron chi connectivity index (χ0n) is 14.4. The fourth-order valence-electron chi connectivity index (χ4n) is 2.11. The van der Waals surface area contributed by atoms with Crippen molar-refractivity contribution in [2.45, 2.75) is 32.9 Å². The number of nitrogens with zero attached hydrogens (tertiary/aromatic N) is 2. The van der Waals surface area contributed by atoms with Crippen molar-refractivity contribution in [3.8, 4) is 11.5 Å². The lowest BCUT2D eigenvalue weighted by molar-refractivity contribution is 0.102. The standard InChI is InChI=1S/C16H19N5O4S/c1-3-9(2)18-16(23)17-7-13-20-21-15(26-13)14(22)19-10-4-5-11-12(6-10)25-8-24-11/h4-6,9H,3,7-8H2,1-2H3,(H,19,22)(H2,17,18,23). The zero-order valence-corrected chi connectivity index (χ0v) is 15.2. The summed E-state index contributed by atoms with van der Waals surface area (Å²) in [5.74, 6) is 0.844. The largest absolute Gasteiger partial charge is 0.454 e. The first-order chi connectivity index (χ1) is 12.5. The van der Waals surface area contributed by atoms with Crippen LogP contribution in [0.5, 0.6) is 11.5 Å². The topological polar surface area (TPSA) is 114 Å². The number of rotatable bonds is 6. The number of hydrogen-bond acceptors (Lipinski definition) is 7. The predicted molar refractivity (Wildman–Crippen MR) is 95.6 cm³/mol. The summed E-state index contributed by atoms with van der Waals surface area (Å²) >= 11 is 1.12. The van der Waals surface area contributed by atoms with Crippen LogP contribution < -0.4 is 25.4 Å². The van der Waals surface area contributed by atoms with E-state index in [9.17, 15) is 9.59 Å². The highest BCUT2D eigenvalue weighted by Gasteiger charge is 2.17. The molecule has 0 spiro atoms. The van der Waals surface area contributed by atoms with Gasteiger partial charge in [-0.2, -0.15) is 0 Å². The third-order valence-electron chi connectivity index (χ3n) is 3.68. The minimum absolute atomic E-state index is 0.0902. The van der Waals surface area contributed by atoms with Crippen LogP contribution >= 0.6 is 11.3 Å². The Hall–Kier alpha value is -2.88. The molecule has 0 saturated heterocycles. The molecule has 10 heteroatoms. The number of benzene rings is 1. The van der Waals surface area contributed by atoms with Crippen molar-refractivity contribution in [2.24, 2.45) is 0 Å². The van der Waals surface area contributed by atoms with Crippen LogP contribution in [0.15, 0.2) is 18.2 Å². The summed E-state index contributed by atoms with van der Waals surface area (Å²) in [6.07, 6.45) is 0.844. The lowest BCUT2D eigenvalue weighted by Crippen LogP contribution is -2.40. The van der Waals surface area contributed by atoms with E-state index in [4.69, 9.17) is 9.47 Å². The van der Waals surface area contributed by atoms with Gasteiger partial charge >= 0.3 is 6.03 Å². The Morgan fingerprint density at radius 3 is 2.88 bits per heavy atom. The van der Waals surface area contributed by atoms with Gasteiger partial charge in [-0.1, -0.05) is 18.3 Å². The summed E-state index contributed by atoms with van der Waals surface area (Å²) in [4.78, 5) is 24.0. The van der Waals surface area contributed by atoms with Crippen LogP contribution in [0.2, 0.25) is 0 Å². The number of fused-ring (bicyclic) bond motifs is 1. The van der Waals surface area contributed by atoms with Gasteiger partial charge in [0.15, 0.2) is 11.5 Å². The number of amides is 3. The molecule has 1 aliphatic rings. The van der Waals surface area contributed by atoms with E-state index in [0.717, 1.165) is 17.8 Å². The SMILES string of the molecule is CCC(C)NC(=O)NCc1nnc(C(=O)Nc2ccc3c(c2)OCO3)s1. The molecule has 1 atom stereocenters. The van der Waals surface area contributed by atoms with Crippen molar-refractivity contribution in [3.63, 3.8) is 0 Å². The number of carbonyl (C=O) groups is 2. The molecular formula is C16H19N5O4S. The fourth-order valence-corrected chi connectivity index (χ4v) is 2.78. The average molecular weight is 377 g/mol. The molecule has 3 rings (SSSR count). The Morgan fingerprint density at radius 2 is 2.08 bits per heavy atom. The van der Waals surface area contributed by atoms with Gasteiger partial charge in [0.1, 0.15) is 5.01 Å². The minimum Gasteiger partial charge on any atom is -0.454 e. The Kier molecular flexibility index (Phi) is 5.52. The van der Waals surface area contributed by atoms with E-state index >= 15 is 0 Å². The maximum Gasteiger partial charge on any atom is 0.315 e. The van der Waals surface area contributed by atoms with E-state index in [0.29, 0.717) is 22.2 Å². The van der Waals surface area contributed by atoms with Gasteiger partial charge in [0.25, 0.3) is 5.91 Å². The number of urea groups is 1. The fraction of sp³-hybridized carbons (Fsp3) is 0.375. The minimum atomic E-state index is -0.378. The molecule has 0 fully saturated rings. The Morgan fingerprint density at radius 1 is 1.27 bits per heavy atom. The molecule has 2 heterocycles. The van der Waals surface area contributed by atoms with E-state index in [2.05, 4.69) is 26.1 Å². The summed E-state index contributed by atoms with van der Waals surface area (Å²) in [7, 11) is 0. The molecular weight excluding hydrogens is 358 g/mol. The molecule has 1 unspecified atom stereocenters. The first-order valence-electron chi connectivity index (χ1n) is 8.13. The van der Waals surface area contributed by atoms with Crippen LogP contribution in [0.25, 0.3) is 0 Å². The van der Waals surface area contributed by atoms with Crippen molar-refractivity contribution in [3.05, 3.63) is 28.2 Å². The Labute approximate surface area is 154 Å². The molecule has 1 aromatic carbocycles. The number of ether oxygens (including phenoxy) is 2. The van der Waals surface area contributed by atoms with E-state index in [1.807, 2.05) is 13.8 Å². The molecule has 9 nitrogen and oxygen atoms in total. The van der Waals surface area contributed by atoms with Crippen LogP contribution in [-0.4, -0.2) is 35.0 Å². The van der Waals surface area contributed by atoms with Crippen LogP contribution in [-0.2, 0) is 6.54 Å². The number of carbonyl (C=O) groups excluding carboxylic acids is 2. The van der Waals surface area contributed by atoms with Crippen molar-refractivity contribution in [2.75, 3.05) is 12.1 Å². The smallest absolute Gasteiger partial charge is 0.315 e. The van der Waals surface area contributed by atoms with Gasteiger partial charge in [0.05, 0.1) is 6.54 Å². The van der Waals surface area contributed by atoms with Gasteiger partial charge in [-0.25, -0.2) is 4.79 Å². The highest BCUT2D eigenvalue weighted by molar-refractivity contribution is 7.13. The van der Waals surface area contributed by atoms with Crippen LogP contribution in [0.4, 0.5) is 10.5 Å². The number of anilines is 1. The third kappa shape index (κ3) is 4.39. The zero-order chi connectivity index (χ0) is 18.5. The van der Waals surface area contributed by atoms with E-state index < -0.39 is 0 Å². The van der Waals surface area contributed by atoms with Crippen molar-refractivity contribution < 1.29 is 19.1 Å². The second kappa shape index (κ2) is 8.00. The summed E-state index contributed by atoms with van der Waals surface area (Å²) in [5.41, 5.74) is 0.571. The molecule has 3 amide bonds. The summed E-state index contributed by atoms with van der Waals surface area (Å²) in [6.45, 7) is 4.28. The lowest BCUT2D eigenvalue weighted by Gasteiger charge is -2.11. The molecule has 26 heavy (non-hydrogen) atoms. The molecule has 0 radical (unpaired) electrons. The summed E-state index contributed by atoms with van der Waals surface area (Å²) < 4.78 is 10.5. The molecule has 2 aromatic rings. The normalized spacial score (nSPS) is 13.2. The number of hydrogen-bond donors (Lipinski definition) is 3. The molecule has 0 bridgehead atoms. The molecule has 138 valence electrons. The highest BCUT2D eigenvalue weighted by atomic mass is 32.1. The predicted octanol–water partition coefficient (Wildman–Crippen LogP) is 2.12. The second-order valence-corrected chi connectivity index (χ2v) is 6.72. The van der Waals surface area contributed by atoms with E-state index in [1.54, 1.807) is 18.2 Å². The first-order valence-corrected chi connectivity index (χ1v) is 8.94. The maximum atomic E-state index is 12.3. The third-order valence-corrected chi connectivity index (χ3v) is 4.60. The molecule has 1 aromatic heterocycles. The monoisotopic (exact) mass is 377 g/mol. The van der Waals surface area contributed by atoms with Crippen LogP contribution in [0.1, 0.15) is 35.1 Å². The van der Waals surface area contributed by atoms with Gasteiger partial charge in [0.2, 0.25) is 11.8 Å². The van der Waals surface area contributed by atoms with Crippen molar-refractivity contribution in [1.82, 2.24) is 20.8 Å². The molecule has 0 aliphatic carbocycles. The van der Waals surface area contributed by atoms with Crippen LogP contribution in [0.3, 0.4) is 0 Å². The van der Waals surface area contributed by atoms with Gasteiger partial charge in [-0.3, -0.25) is 4.79 Å². The average Bonchev–Trinajstić information content (AvgIpc) is 3.28. The van der Waals surface area contributed by atoms with E-state index in [-0.39, 0.29) is 36.3 Å². The molecule has 0 saturated carbocycles. The van der Waals surface area contributed by atoms with Crippen molar-refractivity contribution >= 4 is 29.0 Å². The summed E-state index contributed by atoms with van der Waals surface area (Å²) in [5, 5.41) is 16.8. The maximum absolute atomic E-state index is 12.3. The number of aromatic nitrogens is 2. The first kappa shape index (κ1) is 17.9. The van der Waals surface area contributed by atoms with Gasteiger partial charge < -0.3 is 25.4 Å². The van der Waals surface area contributed by atoms with Crippen LogP contribution in [0, 0.1) is 0 Å². The van der Waals surface area contributed by atoms with Gasteiger partial charge in [0, 0.05) is 17.8 Å². The quantitative estimate of drug-likeness (QED) is 0.710. The van der Waals surface area contributed by atoms with Gasteiger partial charge in [-0.05, 0) is 25.5 Å². The Bertz CT molecular complexity index is 810. The highest BCUT2D eigenvalue weighted by Crippen LogP contribution is 2.34. The molecule has 1 aliphatic heterocycles. The second-order valence-electron chi connectivity index (χ2n) is 5.66. The van der Waals surface area contributed by atoms with E-state index in [1.165, 1.54) is 0 Å². The van der Waals surface area contributed by atoms with Crippen molar-refractivity contribution in [1.29, 1.82) is 0 Å². The van der Waals surface area contributed by atoms with Gasteiger partial charge in [-0.15, -0.1) is 10.2 Å².